The number of rotatable bonds is 5. The van der Waals surface area contributed by atoms with E-state index in [-0.39, 0.29) is 52.5 Å². The van der Waals surface area contributed by atoms with E-state index < -0.39 is 16.2 Å². The number of hydrogen-bond donors (Lipinski definition) is 4. The molecule has 4 aliphatic carbocycles. The molecule has 4 rings (SSSR count). The molecule has 11 atom stereocenters. The highest BCUT2D eigenvalue weighted by molar-refractivity contribution is 7.85. The lowest BCUT2D eigenvalue weighted by Crippen LogP contribution is -2.62. The molecule has 0 aromatic rings. The zero-order valence-corrected chi connectivity index (χ0v) is 20.1. The standard InChI is InChI=1S/C24H42O6S/c1-14(5-4-10-31(28,29)30)17-6-7-18-22-19(13-21(27)24(17,18)3)23(2)9-8-16(25)11-15(23)12-20(22)26/h14-22,25-27H,4-13H2,1-3H3,(H,28,29,30)/t14-,15+,16-,17-,18?,19?,20+,21+,22?,23+,24-/m1/s1. The lowest BCUT2D eigenvalue weighted by atomic mass is 9.43. The number of fused-ring (bicyclic) bond motifs is 5. The average Bonchev–Trinajstić information content (AvgIpc) is 3.01. The van der Waals surface area contributed by atoms with Crippen LogP contribution in [0.2, 0.25) is 0 Å². The first-order valence-electron chi connectivity index (χ1n) is 12.4. The molecule has 31 heavy (non-hydrogen) atoms. The molecule has 0 aromatic heterocycles. The van der Waals surface area contributed by atoms with Crippen LogP contribution in [0, 0.1) is 46.3 Å². The fraction of sp³-hybridized carbons (Fsp3) is 1.00. The molecule has 6 nitrogen and oxygen atoms in total. The van der Waals surface area contributed by atoms with Crippen LogP contribution in [0.4, 0.5) is 0 Å². The third-order valence-electron chi connectivity index (χ3n) is 10.6. The quantitative estimate of drug-likeness (QED) is 0.470. The molecule has 0 saturated heterocycles. The van der Waals surface area contributed by atoms with Gasteiger partial charge >= 0.3 is 0 Å². The molecule has 4 N–H and O–H groups in total. The van der Waals surface area contributed by atoms with Crippen molar-refractivity contribution in [2.75, 3.05) is 5.75 Å². The Kier molecular flexibility index (Phi) is 6.35. The Labute approximate surface area is 187 Å². The predicted octanol–water partition coefficient (Wildman–Crippen LogP) is 3.25. The van der Waals surface area contributed by atoms with Gasteiger partial charge in [0.1, 0.15) is 0 Å². The largest absolute Gasteiger partial charge is 0.393 e. The molecule has 0 spiro atoms. The van der Waals surface area contributed by atoms with E-state index in [0.29, 0.717) is 31.1 Å². The van der Waals surface area contributed by atoms with Crippen molar-refractivity contribution in [1.29, 1.82) is 0 Å². The van der Waals surface area contributed by atoms with E-state index >= 15 is 0 Å². The van der Waals surface area contributed by atoms with Gasteiger partial charge in [-0.1, -0.05) is 20.8 Å². The normalized spacial score (nSPS) is 50.9. The summed E-state index contributed by atoms with van der Waals surface area (Å²) in [6.45, 7) is 6.70. The predicted molar refractivity (Wildman–Crippen MR) is 119 cm³/mol. The minimum Gasteiger partial charge on any atom is -0.393 e. The molecule has 0 bridgehead atoms. The van der Waals surface area contributed by atoms with Crippen LogP contribution in [0.25, 0.3) is 0 Å². The summed E-state index contributed by atoms with van der Waals surface area (Å²) in [4.78, 5) is 0. The summed E-state index contributed by atoms with van der Waals surface area (Å²) in [7, 11) is -3.94. The Morgan fingerprint density at radius 2 is 1.71 bits per heavy atom. The zero-order valence-electron chi connectivity index (χ0n) is 19.3. The van der Waals surface area contributed by atoms with Crippen LogP contribution in [0.5, 0.6) is 0 Å². The van der Waals surface area contributed by atoms with Crippen LogP contribution in [0.3, 0.4) is 0 Å². The van der Waals surface area contributed by atoms with Crippen molar-refractivity contribution in [3.63, 3.8) is 0 Å². The van der Waals surface area contributed by atoms with Gasteiger partial charge in [-0.05, 0) is 104 Å². The molecule has 0 heterocycles. The summed E-state index contributed by atoms with van der Waals surface area (Å²) in [5.74, 6) is 1.42. The van der Waals surface area contributed by atoms with Gasteiger partial charge in [-0.2, -0.15) is 8.42 Å². The van der Waals surface area contributed by atoms with Crippen molar-refractivity contribution in [3.8, 4) is 0 Å². The van der Waals surface area contributed by atoms with E-state index in [1.807, 2.05) is 0 Å². The van der Waals surface area contributed by atoms with Crippen molar-refractivity contribution in [2.45, 2.75) is 96.9 Å². The molecular formula is C24H42O6S. The van der Waals surface area contributed by atoms with Crippen molar-refractivity contribution < 1.29 is 28.3 Å². The second-order valence-corrected chi connectivity index (χ2v) is 13.5. The highest BCUT2D eigenvalue weighted by atomic mass is 32.2. The van der Waals surface area contributed by atoms with Crippen molar-refractivity contribution in [1.82, 2.24) is 0 Å². The van der Waals surface area contributed by atoms with Gasteiger partial charge in [-0.25, -0.2) is 0 Å². The SMILES string of the molecule is C[C@H](CCCS(=O)(=O)O)[C@H]1CCC2C3C(C[C@H](O)[C@@]21C)[C@@]1(C)CC[C@@H](O)C[C@H]1C[C@@H]3O. The zero-order chi connectivity index (χ0) is 22.8. The summed E-state index contributed by atoms with van der Waals surface area (Å²) in [6, 6.07) is 0. The number of aliphatic hydroxyl groups excluding tert-OH is 3. The summed E-state index contributed by atoms with van der Waals surface area (Å²) >= 11 is 0. The highest BCUT2D eigenvalue weighted by Crippen LogP contribution is 2.68. The molecule has 0 amide bonds. The van der Waals surface area contributed by atoms with Crippen LogP contribution in [0.15, 0.2) is 0 Å². The highest BCUT2D eigenvalue weighted by Gasteiger charge is 2.65. The van der Waals surface area contributed by atoms with Gasteiger partial charge in [-0.3, -0.25) is 4.55 Å². The fourth-order valence-electron chi connectivity index (χ4n) is 8.92. The topological polar surface area (TPSA) is 115 Å². The summed E-state index contributed by atoms with van der Waals surface area (Å²) in [6.07, 6.45) is 6.11. The van der Waals surface area contributed by atoms with Gasteiger partial charge in [0.05, 0.1) is 24.1 Å². The third kappa shape index (κ3) is 4.01. The minimum atomic E-state index is -3.94. The van der Waals surface area contributed by atoms with E-state index in [1.54, 1.807) is 0 Å². The van der Waals surface area contributed by atoms with Gasteiger partial charge in [0, 0.05) is 0 Å². The first-order chi connectivity index (χ1) is 14.4. The molecule has 0 aliphatic heterocycles. The molecule has 4 aliphatic rings. The Bertz CT molecular complexity index is 770. The van der Waals surface area contributed by atoms with Crippen LogP contribution in [0.1, 0.15) is 78.6 Å². The molecular weight excluding hydrogens is 416 g/mol. The van der Waals surface area contributed by atoms with E-state index in [1.165, 1.54) is 0 Å². The minimum absolute atomic E-state index is 0.0740. The maximum absolute atomic E-state index is 11.5. The van der Waals surface area contributed by atoms with E-state index in [4.69, 9.17) is 4.55 Å². The molecule has 4 saturated carbocycles. The lowest BCUT2D eigenvalue weighted by Gasteiger charge is -2.63. The van der Waals surface area contributed by atoms with Crippen molar-refractivity contribution in [2.24, 2.45) is 46.3 Å². The summed E-state index contributed by atoms with van der Waals surface area (Å²) in [5, 5.41) is 33.0. The van der Waals surface area contributed by atoms with Crippen LogP contribution < -0.4 is 0 Å². The van der Waals surface area contributed by atoms with Crippen molar-refractivity contribution in [3.05, 3.63) is 0 Å². The Morgan fingerprint density at radius 3 is 2.39 bits per heavy atom. The van der Waals surface area contributed by atoms with Crippen LogP contribution >= 0.6 is 0 Å². The molecule has 7 heteroatoms. The van der Waals surface area contributed by atoms with Crippen LogP contribution in [-0.2, 0) is 10.1 Å². The summed E-state index contributed by atoms with van der Waals surface area (Å²) in [5.41, 5.74) is -0.193. The van der Waals surface area contributed by atoms with Gasteiger partial charge < -0.3 is 15.3 Å². The number of aliphatic hydroxyl groups is 3. The van der Waals surface area contributed by atoms with Crippen molar-refractivity contribution >= 4 is 10.1 Å². The maximum Gasteiger partial charge on any atom is 0.264 e. The smallest absolute Gasteiger partial charge is 0.264 e. The average molecular weight is 459 g/mol. The first kappa shape index (κ1) is 23.9. The van der Waals surface area contributed by atoms with Gasteiger partial charge in [0.15, 0.2) is 0 Å². The second kappa shape index (κ2) is 8.23. The van der Waals surface area contributed by atoms with Gasteiger partial charge in [0.25, 0.3) is 10.1 Å². The van der Waals surface area contributed by atoms with Crippen LogP contribution in [-0.4, -0.2) is 52.4 Å². The van der Waals surface area contributed by atoms with Gasteiger partial charge in [-0.15, -0.1) is 0 Å². The Morgan fingerprint density at radius 1 is 1.00 bits per heavy atom. The molecule has 0 radical (unpaired) electrons. The van der Waals surface area contributed by atoms with E-state index in [9.17, 15) is 23.7 Å². The second-order valence-electron chi connectivity index (χ2n) is 11.9. The molecule has 180 valence electrons. The van der Waals surface area contributed by atoms with Gasteiger partial charge in [0.2, 0.25) is 0 Å². The molecule has 4 fully saturated rings. The molecule has 3 unspecified atom stereocenters. The van der Waals surface area contributed by atoms with E-state index in [2.05, 4.69) is 20.8 Å². The third-order valence-corrected chi connectivity index (χ3v) is 11.4. The maximum atomic E-state index is 11.5. The van der Waals surface area contributed by atoms with E-state index in [0.717, 1.165) is 38.5 Å². The number of hydrogen-bond acceptors (Lipinski definition) is 5. The first-order valence-corrected chi connectivity index (χ1v) is 14.0. The Hall–Kier alpha value is -0.210. The molecule has 0 aromatic carbocycles. The fourth-order valence-corrected chi connectivity index (χ4v) is 9.45. The monoisotopic (exact) mass is 458 g/mol. The Balaban J connectivity index is 1.55. The summed E-state index contributed by atoms with van der Waals surface area (Å²) < 4.78 is 31.3. The lowest BCUT2D eigenvalue weighted by molar-refractivity contribution is -0.207.